The third-order valence-electron chi connectivity index (χ3n) is 20.8. The van der Waals surface area contributed by atoms with E-state index in [0.29, 0.717) is 11.8 Å². The van der Waals surface area contributed by atoms with Crippen molar-refractivity contribution >= 4 is 137 Å². The van der Waals surface area contributed by atoms with Crippen LogP contribution in [0.25, 0.3) is 38.6 Å². The lowest BCUT2D eigenvalue weighted by Crippen LogP contribution is -2.75. The van der Waals surface area contributed by atoms with Gasteiger partial charge in [-0.25, -0.2) is 0 Å². The molecule has 3 nitrogen and oxygen atoms in total. The van der Waals surface area contributed by atoms with E-state index < -0.39 is 16.1 Å². The smallest absolute Gasteiger partial charge is 0.252 e. The molecule has 0 saturated carbocycles. The summed E-state index contributed by atoms with van der Waals surface area (Å²) < 4.78 is 2.61. The maximum Gasteiger partial charge on any atom is 0.252 e. The summed E-state index contributed by atoms with van der Waals surface area (Å²) >= 11 is 0. The molecule has 0 amide bonds. The van der Waals surface area contributed by atoms with Crippen LogP contribution in [0.5, 0.6) is 0 Å². The first-order chi connectivity index (χ1) is 47.3. The van der Waals surface area contributed by atoms with Gasteiger partial charge in [0.1, 0.15) is 0 Å². The molecule has 2 aliphatic rings. The maximum atomic E-state index is 2.65. The Bertz CT molecular complexity index is 5100. The van der Waals surface area contributed by atoms with Gasteiger partial charge in [-0.05, 0) is 153 Å². The molecule has 0 atom stereocenters. The zero-order valence-corrected chi connectivity index (χ0v) is 56.6. The van der Waals surface area contributed by atoms with E-state index in [0.717, 1.165) is 28.4 Å². The highest BCUT2D eigenvalue weighted by Gasteiger charge is 2.48. The van der Waals surface area contributed by atoms with Crippen LogP contribution >= 0.6 is 0 Å². The molecule has 0 saturated heterocycles. The Balaban J connectivity index is 1.01. The van der Waals surface area contributed by atoms with Crippen molar-refractivity contribution in [2.24, 2.45) is 0 Å². The largest absolute Gasteiger partial charge is 0.311 e. The number of aromatic nitrogens is 1. The molecule has 458 valence electrons. The van der Waals surface area contributed by atoms with E-state index in [1.165, 1.54) is 113 Å². The van der Waals surface area contributed by atoms with Gasteiger partial charge in [0, 0.05) is 44.9 Å². The van der Waals surface area contributed by atoms with Crippen LogP contribution in [0.1, 0.15) is 50.7 Å². The fourth-order valence-electron chi connectivity index (χ4n) is 16.7. The van der Waals surface area contributed by atoms with Gasteiger partial charge in [-0.3, -0.25) is 0 Å². The Morgan fingerprint density at radius 2 is 0.635 bits per heavy atom. The molecule has 0 bridgehead atoms. The van der Waals surface area contributed by atoms with Crippen molar-refractivity contribution < 1.29 is 0 Å². The standard InChI is InChI=1S/C90H72BN3Si2/c1-63(2)78-47-29-51-83-88(78)89-79(64(3)4)48-30-52-84(89)94(83)69-60-86-90-87(61-69)93(68-33-28-46-76(59-68)95(70-34-14-6-15-35-70,71-36-16-7-17-37-71)72-38-18-8-19-39-72)82-50-27-26-49-80(82)91(90)81-58-57-77(62-85(81)92(86)67-55-53-66(54-56-67)65-31-12-5-13-32-65)96(73-40-20-9-21-41-73,74-42-22-10-23-43-74)75-44-24-11-25-45-75/h5-64H,1-4H3. The van der Waals surface area contributed by atoms with Gasteiger partial charge >= 0.3 is 0 Å². The van der Waals surface area contributed by atoms with Crippen LogP contribution in [0.15, 0.2) is 352 Å². The topological polar surface area (TPSA) is 11.4 Å². The Morgan fingerprint density at radius 1 is 0.260 bits per heavy atom. The van der Waals surface area contributed by atoms with E-state index in [2.05, 4.69) is 394 Å². The van der Waals surface area contributed by atoms with Crippen LogP contribution < -0.4 is 67.7 Å². The third-order valence-corrected chi connectivity index (χ3v) is 30.3. The maximum absolute atomic E-state index is 3.07. The highest BCUT2D eigenvalue weighted by molar-refractivity contribution is 7.20. The van der Waals surface area contributed by atoms with Crippen LogP contribution in [0, 0.1) is 0 Å². The number of anilines is 6. The normalized spacial score (nSPS) is 12.7. The first-order valence-corrected chi connectivity index (χ1v) is 38.0. The van der Waals surface area contributed by atoms with Gasteiger partial charge in [0.15, 0.2) is 16.1 Å². The summed E-state index contributed by atoms with van der Waals surface area (Å²) in [5, 5.41) is 13.4. The zero-order valence-electron chi connectivity index (χ0n) is 54.6. The fourth-order valence-corrected chi connectivity index (χ4v) is 26.2. The predicted octanol–water partition coefficient (Wildman–Crippen LogP) is 15.5. The van der Waals surface area contributed by atoms with E-state index >= 15 is 0 Å². The number of nitrogens with zero attached hydrogens (tertiary/aromatic N) is 3. The lowest BCUT2D eigenvalue weighted by molar-refractivity contribution is 0.871. The summed E-state index contributed by atoms with van der Waals surface area (Å²) in [6.45, 7) is 9.26. The van der Waals surface area contributed by atoms with E-state index in [9.17, 15) is 0 Å². The average molecular weight is 1260 g/mol. The predicted molar refractivity (Wildman–Crippen MR) is 416 cm³/mol. The molecule has 6 heteroatoms. The minimum absolute atomic E-state index is 0.144. The third kappa shape index (κ3) is 9.29. The van der Waals surface area contributed by atoms with Crippen LogP contribution in [-0.4, -0.2) is 27.4 Å². The van der Waals surface area contributed by atoms with Crippen molar-refractivity contribution in [3.63, 3.8) is 0 Å². The van der Waals surface area contributed by atoms with E-state index in [1.807, 2.05) is 0 Å². The number of hydrogen-bond acceptors (Lipinski definition) is 2. The van der Waals surface area contributed by atoms with Gasteiger partial charge < -0.3 is 14.4 Å². The molecular formula is C90H72BN3Si2. The molecule has 1 aromatic heterocycles. The molecule has 0 unspecified atom stereocenters. The minimum Gasteiger partial charge on any atom is -0.311 e. The SMILES string of the molecule is CC(C)c1cccc2c1c1c(C(C)C)cccc1n2-c1cc2c3c(c1)N(c1ccc(-c4ccccc4)cc1)c1cc([Si](c4ccccc4)(c4ccccc4)c4ccccc4)ccc1B3c1ccccc1N2c1cccc([Si](c2ccccc2)(c2ccccc2)c2ccccc2)c1. The molecule has 0 aliphatic carbocycles. The molecule has 0 radical (unpaired) electrons. The van der Waals surface area contributed by atoms with Gasteiger partial charge in [-0.15, -0.1) is 0 Å². The summed E-state index contributed by atoms with van der Waals surface area (Å²) in [5.74, 6) is 0.601. The number of para-hydroxylation sites is 1. The Labute approximate surface area is 566 Å². The summed E-state index contributed by atoms with van der Waals surface area (Å²) in [7, 11) is -6.07. The van der Waals surface area contributed by atoms with Crippen molar-refractivity contribution in [1.82, 2.24) is 4.57 Å². The quantitative estimate of drug-likeness (QED) is 0.0794. The van der Waals surface area contributed by atoms with Crippen LogP contribution in [-0.2, 0) is 0 Å². The van der Waals surface area contributed by atoms with Gasteiger partial charge in [0.25, 0.3) is 6.71 Å². The number of hydrogen-bond donors (Lipinski definition) is 0. The van der Waals surface area contributed by atoms with Gasteiger partial charge in [-0.1, -0.05) is 319 Å². The molecular weight excluding hydrogens is 1190 g/mol. The molecule has 14 aromatic carbocycles. The number of rotatable bonds is 14. The van der Waals surface area contributed by atoms with Crippen molar-refractivity contribution in [3.8, 4) is 16.8 Å². The van der Waals surface area contributed by atoms with Crippen LogP contribution in [0.2, 0.25) is 0 Å². The molecule has 0 fully saturated rings. The van der Waals surface area contributed by atoms with Crippen LogP contribution in [0.3, 0.4) is 0 Å². The number of benzene rings is 14. The fraction of sp³-hybridized carbons (Fsp3) is 0.0667. The summed E-state index contributed by atoms with van der Waals surface area (Å²) in [5.41, 5.74) is 19.3. The van der Waals surface area contributed by atoms with E-state index in [4.69, 9.17) is 0 Å². The van der Waals surface area contributed by atoms with E-state index in [1.54, 1.807) is 0 Å². The Kier molecular flexibility index (Phi) is 14.7. The second kappa shape index (κ2) is 24.1. The molecule has 3 heterocycles. The Morgan fingerprint density at radius 3 is 1.09 bits per heavy atom. The van der Waals surface area contributed by atoms with Crippen molar-refractivity contribution in [1.29, 1.82) is 0 Å². The minimum atomic E-state index is -3.07. The molecule has 17 rings (SSSR count). The molecule has 0 spiro atoms. The zero-order chi connectivity index (χ0) is 64.5. The lowest BCUT2D eigenvalue weighted by atomic mass is 9.33. The number of fused-ring (bicyclic) bond motifs is 7. The van der Waals surface area contributed by atoms with Gasteiger partial charge in [-0.2, -0.15) is 0 Å². The van der Waals surface area contributed by atoms with Crippen molar-refractivity contribution in [2.75, 3.05) is 9.80 Å². The lowest BCUT2D eigenvalue weighted by Gasteiger charge is -2.45. The molecule has 96 heavy (non-hydrogen) atoms. The van der Waals surface area contributed by atoms with E-state index in [-0.39, 0.29) is 6.71 Å². The van der Waals surface area contributed by atoms with Gasteiger partial charge in [0.05, 0.1) is 16.7 Å². The van der Waals surface area contributed by atoms with Crippen LogP contribution in [0.4, 0.5) is 34.1 Å². The highest BCUT2D eigenvalue weighted by Crippen LogP contribution is 2.48. The molecule has 0 N–H and O–H groups in total. The van der Waals surface area contributed by atoms with Crippen molar-refractivity contribution in [2.45, 2.75) is 39.5 Å². The molecule has 15 aromatic rings. The second-order valence-electron chi connectivity index (χ2n) is 26.6. The Hall–Kier alpha value is -11.0. The van der Waals surface area contributed by atoms with Crippen molar-refractivity contribution in [3.05, 3.63) is 363 Å². The summed E-state index contributed by atoms with van der Waals surface area (Å²) in [6.07, 6.45) is 0. The second-order valence-corrected chi connectivity index (χ2v) is 34.2. The monoisotopic (exact) mass is 1260 g/mol. The first-order valence-electron chi connectivity index (χ1n) is 34.0. The van der Waals surface area contributed by atoms with Gasteiger partial charge in [0.2, 0.25) is 0 Å². The molecule has 2 aliphatic heterocycles. The highest BCUT2D eigenvalue weighted by atomic mass is 28.3. The summed E-state index contributed by atoms with van der Waals surface area (Å²) in [4.78, 5) is 5.29. The first kappa shape index (κ1) is 58.8. The average Bonchev–Trinajstić information content (AvgIpc) is 0.803. The summed E-state index contributed by atoms with van der Waals surface area (Å²) in [6, 6.07) is 134.